The van der Waals surface area contributed by atoms with E-state index in [1.165, 1.54) is 6.08 Å². The van der Waals surface area contributed by atoms with E-state index >= 15 is 4.39 Å². The molecule has 2 N–H and O–H groups in total. The molecule has 2 atom stereocenters. The van der Waals surface area contributed by atoms with E-state index in [-0.39, 0.29) is 24.4 Å². The van der Waals surface area contributed by atoms with Crippen LogP contribution in [0.5, 0.6) is 0 Å². The highest BCUT2D eigenvalue weighted by Gasteiger charge is 2.56. The molecule has 2 aromatic rings. The topological polar surface area (TPSA) is 90.5 Å². The Bertz CT molecular complexity index is 1080. The fourth-order valence-corrected chi connectivity index (χ4v) is 4.98. The molecule has 34 heavy (non-hydrogen) atoms. The molecular formula is C25H33FN6O2. The molecule has 8 nitrogen and oxygen atoms in total. The van der Waals surface area contributed by atoms with Crippen molar-refractivity contribution >= 4 is 34.5 Å². The molecule has 0 aliphatic carbocycles. The van der Waals surface area contributed by atoms with Crippen LogP contribution in [0.25, 0.3) is 10.9 Å². The van der Waals surface area contributed by atoms with Crippen LogP contribution in [-0.2, 0) is 9.59 Å². The number of carbonyl (C=O) groups is 2. The molecule has 2 aliphatic heterocycles. The van der Waals surface area contributed by atoms with Crippen molar-refractivity contribution in [2.75, 3.05) is 43.4 Å². The van der Waals surface area contributed by atoms with Crippen LogP contribution in [0.1, 0.15) is 26.7 Å². The molecule has 2 saturated heterocycles. The minimum Gasteiger partial charge on any atom is -0.366 e. The number of hydrogen-bond donors (Lipinski definition) is 2. The average Bonchev–Trinajstić information content (AvgIpc) is 3.14. The molecule has 4 rings (SSSR count). The SMILES string of the molecule is C=CC(=O)N1CC2(C1)CN(c1nc(N[C@H](CC(=O)NC)CC(C)C)c3ccccc3n1)CC2F. The number of nitrogens with one attached hydrogen (secondary N) is 2. The van der Waals surface area contributed by atoms with Gasteiger partial charge in [0.05, 0.1) is 17.5 Å². The molecule has 182 valence electrons. The monoisotopic (exact) mass is 468 g/mol. The number of halogens is 1. The van der Waals surface area contributed by atoms with Gasteiger partial charge in [0.25, 0.3) is 0 Å². The Morgan fingerprint density at radius 2 is 2.00 bits per heavy atom. The number of fused-ring (bicyclic) bond motifs is 1. The first-order chi connectivity index (χ1) is 16.2. The summed E-state index contributed by atoms with van der Waals surface area (Å²) in [7, 11) is 1.63. The number of alkyl halides is 1. The van der Waals surface area contributed by atoms with Gasteiger partial charge in [0.1, 0.15) is 12.0 Å². The van der Waals surface area contributed by atoms with Crippen LogP contribution in [0.2, 0.25) is 0 Å². The number of para-hydroxylation sites is 1. The van der Waals surface area contributed by atoms with E-state index in [2.05, 4.69) is 31.1 Å². The molecule has 1 aromatic heterocycles. The maximum atomic E-state index is 15.1. The first-order valence-corrected chi connectivity index (χ1v) is 11.8. The smallest absolute Gasteiger partial charge is 0.245 e. The molecule has 3 heterocycles. The normalized spacial score (nSPS) is 19.9. The van der Waals surface area contributed by atoms with Crippen molar-refractivity contribution in [2.45, 2.75) is 38.9 Å². The van der Waals surface area contributed by atoms with Crippen LogP contribution >= 0.6 is 0 Å². The lowest BCUT2D eigenvalue weighted by molar-refractivity contribution is -0.139. The highest BCUT2D eigenvalue weighted by molar-refractivity contribution is 5.90. The number of anilines is 2. The van der Waals surface area contributed by atoms with Crippen molar-refractivity contribution < 1.29 is 14.0 Å². The second kappa shape index (κ2) is 9.56. The molecule has 9 heteroatoms. The molecule has 0 radical (unpaired) electrons. The zero-order chi connectivity index (χ0) is 24.5. The summed E-state index contributed by atoms with van der Waals surface area (Å²) in [4.78, 5) is 37.0. The predicted molar refractivity (Wildman–Crippen MR) is 131 cm³/mol. The van der Waals surface area contributed by atoms with E-state index in [0.29, 0.717) is 43.7 Å². The molecule has 1 spiro atoms. The Kier molecular flexibility index (Phi) is 6.72. The maximum Gasteiger partial charge on any atom is 0.245 e. The van der Waals surface area contributed by atoms with Crippen molar-refractivity contribution in [3.63, 3.8) is 0 Å². The largest absolute Gasteiger partial charge is 0.366 e. The van der Waals surface area contributed by atoms with E-state index < -0.39 is 11.6 Å². The van der Waals surface area contributed by atoms with Crippen molar-refractivity contribution in [3.8, 4) is 0 Å². The van der Waals surface area contributed by atoms with Gasteiger partial charge in [0, 0.05) is 44.5 Å². The molecule has 2 aliphatic rings. The molecule has 1 unspecified atom stereocenters. The second-order valence-corrected chi connectivity index (χ2v) is 9.85. The Hall–Kier alpha value is -3.23. The van der Waals surface area contributed by atoms with E-state index in [1.807, 2.05) is 29.2 Å². The molecular weight excluding hydrogens is 435 g/mol. The van der Waals surface area contributed by atoms with Gasteiger partial charge in [-0.2, -0.15) is 4.98 Å². The Labute approximate surface area is 199 Å². The standard InChI is InChI=1S/C25H33FN6O2/c1-5-22(34)32-14-25(15-32)13-31(12-20(25)26)24-29-19-9-7-6-8-18(19)23(30-24)28-17(10-16(2)3)11-21(33)27-4/h5-9,16-17,20H,1,10-15H2,2-4H3,(H,27,33)(H,28,29,30)/t17-,20?/m0/s1. The van der Waals surface area contributed by atoms with Crippen molar-refractivity contribution in [1.82, 2.24) is 20.2 Å². The quantitative estimate of drug-likeness (QED) is 0.579. The van der Waals surface area contributed by atoms with Crippen LogP contribution in [-0.4, -0.2) is 72.1 Å². The lowest BCUT2D eigenvalue weighted by Crippen LogP contribution is -2.62. The van der Waals surface area contributed by atoms with Gasteiger partial charge in [0.15, 0.2) is 0 Å². The molecule has 2 fully saturated rings. The number of rotatable bonds is 8. The summed E-state index contributed by atoms with van der Waals surface area (Å²) in [6.45, 7) is 9.12. The molecule has 2 amide bonds. The number of aromatic nitrogens is 2. The van der Waals surface area contributed by atoms with E-state index in [1.54, 1.807) is 11.9 Å². The predicted octanol–water partition coefficient (Wildman–Crippen LogP) is 2.77. The summed E-state index contributed by atoms with van der Waals surface area (Å²) in [5.41, 5.74) is 0.160. The van der Waals surface area contributed by atoms with Gasteiger partial charge in [-0.25, -0.2) is 9.37 Å². The van der Waals surface area contributed by atoms with Gasteiger partial charge in [-0.05, 0) is 30.5 Å². The third-order valence-electron chi connectivity index (χ3n) is 6.73. The number of nitrogens with zero attached hydrogens (tertiary/aromatic N) is 4. The number of hydrogen-bond acceptors (Lipinski definition) is 6. The highest BCUT2D eigenvalue weighted by atomic mass is 19.1. The summed E-state index contributed by atoms with van der Waals surface area (Å²) in [6, 6.07) is 7.59. The van der Waals surface area contributed by atoms with Gasteiger partial charge in [-0.3, -0.25) is 9.59 Å². The number of carbonyl (C=O) groups excluding carboxylic acids is 2. The molecule has 0 bridgehead atoms. The number of amides is 2. The van der Waals surface area contributed by atoms with Crippen LogP contribution in [0.3, 0.4) is 0 Å². The Morgan fingerprint density at radius 3 is 2.68 bits per heavy atom. The van der Waals surface area contributed by atoms with E-state index in [9.17, 15) is 9.59 Å². The first-order valence-electron chi connectivity index (χ1n) is 11.8. The summed E-state index contributed by atoms with van der Waals surface area (Å²) < 4.78 is 15.1. The summed E-state index contributed by atoms with van der Waals surface area (Å²) >= 11 is 0. The summed E-state index contributed by atoms with van der Waals surface area (Å²) in [6.07, 6.45) is 1.32. The van der Waals surface area contributed by atoms with Gasteiger partial charge in [-0.1, -0.05) is 32.6 Å². The second-order valence-electron chi connectivity index (χ2n) is 9.85. The highest BCUT2D eigenvalue weighted by Crippen LogP contribution is 2.43. The van der Waals surface area contributed by atoms with Crippen LogP contribution in [0, 0.1) is 11.3 Å². The van der Waals surface area contributed by atoms with Crippen molar-refractivity contribution in [1.29, 1.82) is 0 Å². The zero-order valence-electron chi connectivity index (χ0n) is 20.1. The van der Waals surface area contributed by atoms with Crippen molar-refractivity contribution in [3.05, 3.63) is 36.9 Å². The Morgan fingerprint density at radius 1 is 1.26 bits per heavy atom. The third-order valence-corrected chi connectivity index (χ3v) is 6.73. The molecule has 0 saturated carbocycles. The Balaban J connectivity index is 1.61. The van der Waals surface area contributed by atoms with E-state index in [0.717, 1.165) is 17.3 Å². The minimum atomic E-state index is -1.07. The van der Waals surface area contributed by atoms with Gasteiger partial charge in [-0.15, -0.1) is 0 Å². The maximum absolute atomic E-state index is 15.1. The zero-order valence-corrected chi connectivity index (χ0v) is 20.1. The minimum absolute atomic E-state index is 0.0397. The summed E-state index contributed by atoms with van der Waals surface area (Å²) in [5.74, 6) is 1.28. The molecule has 1 aromatic carbocycles. The van der Waals surface area contributed by atoms with Gasteiger partial charge < -0.3 is 20.4 Å². The van der Waals surface area contributed by atoms with Crippen LogP contribution in [0.15, 0.2) is 36.9 Å². The van der Waals surface area contributed by atoms with Crippen LogP contribution < -0.4 is 15.5 Å². The lowest BCUT2D eigenvalue weighted by Gasteiger charge is -2.48. The van der Waals surface area contributed by atoms with Crippen molar-refractivity contribution in [2.24, 2.45) is 11.3 Å². The number of benzene rings is 1. The average molecular weight is 469 g/mol. The fraction of sp³-hybridized carbons (Fsp3) is 0.520. The third kappa shape index (κ3) is 4.69. The van der Waals surface area contributed by atoms with Gasteiger partial charge in [0.2, 0.25) is 17.8 Å². The lowest BCUT2D eigenvalue weighted by atomic mass is 9.77. The summed E-state index contributed by atoms with van der Waals surface area (Å²) in [5, 5.41) is 7.03. The first kappa shape index (κ1) is 23.9. The fourth-order valence-electron chi connectivity index (χ4n) is 4.98. The number of likely N-dealkylation sites (tertiary alicyclic amines) is 1. The van der Waals surface area contributed by atoms with E-state index in [4.69, 9.17) is 9.97 Å². The van der Waals surface area contributed by atoms with Crippen LogP contribution in [0.4, 0.5) is 16.2 Å². The van der Waals surface area contributed by atoms with Gasteiger partial charge >= 0.3 is 0 Å².